The fraction of sp³-hybridized carbons (Fsp3) is 0.143. The van der Waals surface area contributed by atoms with E-state index in [0.29, 0.717) is 10.0 Å². The lowest BCUT2D eigenvalue weighted by atomic mass is 10.4. The van der Waals surface area contributed by atoms with Gasteiger partial charge >= 0.3 is 0 Å². The molecule has 0 aliphatic rings. The van der Waals surface area contributed by atoms with E-state index in [4.69, 9.17) is 12.2 Å². The molecule has 1 N–H and O–H groups in total. The first-order valence-corrected chi connectivity index (χ1v) is 5.11. The molecule has 0 atom stereocenters. The maximum Gasteiger partial charge on any atom is 0.153 e. The number of thioether (sulfide) groups is 1. The molecule has 0 aromatic carbocycles. The third-order valence-electron chi connectivity index (χ3n) is 1.13. The summed E-state index contributed by atoms with van der Waals surface area (Å²) >= 11 is 6.30. The van der Waals surface area contributed by atoms with E-state index < -0.39 is 0 Å². The minimum atomic E-state index is 0.625. The summed E-state index contributed by atoms with van der Waals surface area (Å²) in [4.78, 5) is 0. The first-order valence-electron chi connectivity index (χ1n) is 3.47. The zero-order valence-electron chi connectivity index (χ0n) is 6.97. The second-order valence-electron chi connectivity index (χ2n) is 2.01. The van der Waals surface area contributed by atoms with E-state index in [2.05, 4.69) is 20.7 Å². The van der Waals surface area contributed by atoms with Gasteiger partial charge in [0.25, 0.3) is 0 Å². The van der Waals surface area contributed by atoms with E-state index >= 15 is 0 Å². The number of rotatable bonds is 2. The monoisotopic (exact) mass is 212 g/mol. The van der Waals surface area contributed by atoms with E-state index in [9.17, 15) is 0 Å². The zero-order valence-corrected chi connectivity index (χ0v) is 8.60. The number of thiocarbonyl (C=S) groups is 1. The van der Waals surface area contributed by atoms with Crippen molar-refractivity contribution in [1.29, 1.82) is 0 Å². The van der Waals surface area contributed by atoms with E-state index in [0.717, 1.165) is 0 Å². The van der Waals surface area contributed by atoms with Gasteiger partial charge in [-0.05, 0) is 18.4 Å². The molecule has 0 aliphatic heterocycles. The van der Waals surface area contributed by atoms with Gasteiger partial charge in [-0.2, -0.15) is 10.2 Å². The van der Waals surface area contributed by atoms with Crippen LogP contribution >= 0.6 is 24.0 Å². The first-order chi connectivity index (χ1) is 6.33. The lowest BCUT2D eigenvalue weighted by Crippen LogP contribution is -2.10. The Hall–Kier alpha value is -1.01. The van der Waals surface area contributed by atoms with Crippen LogP contribution in [0.3, 0.4) is 0 Å². The van der Waals surface area contributed by atoms with Gasteiger partial charge in [-0.3, -0.25) is 5.43 Å². The van der Waals surface area contributed by atoms with Crippen LogP contribution in [0.4, 0.5) is 0 Å². The Morgan fingerprint density at radius 1 is 1.77 bits per heavy atom. The Morgan fingerprint density at radius 3 is 3.23 bits per heavy atom. The molecule has 1 aromatic rings. The molecule has 13 heavy (non-hydrogen) atoms. The Kier molecular flexibility index (Phi) is 4.34. The van der Waals surface area contributed by atoms with Crippen molar-refractivity contribution in [2.45, 2.75) is 0 Å². The van der Waals surface area contributed by atoms with Gasteiger partial charge in [-0.25, -0.2) is 0 Å². The van der Waals surface area contributed by atoms with E-state index in [1.54, 1.807) is 24.5 Å². The topological polar surface area (TPSA) is 50.2 Å². The molecule has 0 radical (unpaired) electrons. The number of nitrogens with zero attached hydrogens (tertiary/aromatic N) is 3. The fourth-order valence-electron chi connectivity index (χ4n) is 0.579. The van der Waals surface area contributed by atoms with Crippen LogP contribution in [0.5, 0.6) is 0 Å². The standard InChI is InChI=1S/C7H8N4S2/c1-13-7(12)11-9-5-6-3-2-4-8-10-6/h2-5H,1H3,(H,11,12)/b9-5+. The molecule has 0 bridgehead atoms. The largest absolute Gasteiger partial charge is 0.262 e. The third-order valence-corrected chi connectivity index (χ3v) is 2.18. The molecule has 0 fully saturated rings. The summed E-state index contributed by atoms with van der Waals surface area (Å²) in [7, 11) is 0. The summed E-state index contributed by atoms with van der Waals surface area (Å²) in [5.74, 6) is 0. The molecule has 0 unspecified atom stereocenters. The van der Waals surface area contributed by atoms with E-state index in [1.165, 1.54) is 11.8 Å². The summed E-state index contributed by atoms with van der Waals surface area (Å²) in [6, 6.07) is 3.60. The van der Waals surface area contributed by atoms with Crippen LogP contribution in [-0.4, -0.2) is 27.0 Å². The van der Waals surface area contributed by atoms with Gasteiger partial charge in [0.05, 0.1) is 6.21 Å². The van der Waals surface area contributed by atoms with Crippen LogP contribution in [0.15, 0.2) is 23.4 Å². The highest BCUT2D eigenvalue weighted by molar-refractivity contribution is 8.22. The first kappa shape index (κ1) is 10.1. The van der Waals surface area contributed by atoms with Gasteiger partial charge < -0.3 is 0 Å². The summed E-state index contributed by atoms with van der Waals surface area (Å²) in [6.45, 7) is 0. The van der Waals surface area contributed by atoms with Crippen LogP contribution in [0.2, 0.25) is 0 Å². The highest BCUT2D eigenvalue weighted by atomic mass is 32.2. The quantitative estimate of drug-likeness (QED) is 0.451. The van der Waals surface area contributed by atoms with Crippen LogP contribution in [0.25, 0.3) is 0 Å². The summed E-state index contributed by atoms with van der Waals surface area (Å²) in [6.07, 6.45) is 5.06. The molecular formula is C7H8N4S2. The van der Waals surface area contributed by atoms with Crippen molar-refractivity contribution in [1.82, 2.24) is 15.6 Å². The summed E-state index contributed by atoms with van der Waals surface area (Å²) < 4.78 is 0.625. The molecule has 6 heteroatoms. The number of hydrogen-bond donors (Lipinski definition) is 1. The third kappa shape index (κ3) is 3.95. The highest BCUT2D eigenvalue weighted by Gasteiger charge is 1.88. The number of hydrogen-bond acceptors (Lipinski definition) is 5. The Labute approximate surface area is 85.8 Å². The molecule has 0 spiro atoms. The molecule has 4 nitrogen and oxygen atoms in total. The molecular weight excluding hydrogens is 204 g/mol. The summed E-state index contributed by atoms with van der Waals surface area (Å²) in [5.41, 5.74) is 3.37. The van der Waals surface area contributed by atoms with Crippen molar-refractivity contribution in [2.24, 2.45) is 5.10 Å². The fourth-order valence-corrected chi connectivity index (χ4v) is 0.776. The number of aromatic nitrogens is 2. The van der Waals surface area contributed by atoms with Gasteiger partial charge in [0, 0.05) is 6.20 Å². The van der Waals surface area contributed by atoms with Crippen LogP contribution < -0.4 is 5.43 Å². The van der Waals surface area contributed by atoms with E-state index in [1.807, 2.05) is 6.26 Å². The second-order valence-corrected chi connectivity index (χ2v) is 3.49. The normalized spacial score (nSPS) is 10.2. The van der Waals surface area contributed by atoms with Gasteiger partial charge in [0.15, 0.2) is 4.32 Å². The predicted octanol–water partition coefficient (Wildman–Crippen LogP) is 1.05. The van der Waals surface area contributed by atoms with Crippen molar-refractivity contribution in [3.05, 3.63) is 24.0 Å². The van der Waals surface area contributed by atoms with Crippen molar-refractivity contribution in [3.8, 4) is 0 Å². The minimum absolute atomic E-state index is 0.625. The molecule has 68 valence electrons. The zero-order chi connectivity index (χ0) is 9.52. The Balaban J connectivity index is 2.45. The second kappa shape index (κ2) is 5.60. The number of nitrogens with one attached hydrogen (secondary N) is 1. The maximum atomic E-state index is 4.87. The van der Waals surface area contributed by atoms with Gasteiger partial charge in [-0.1, -0.05) is 24.0 Å². The average molecular weight is 212 g/mol. The van der Waals surface area contributed by atoms with E-state index in [-0.39, 0.29) is 0 Å². The Bertz CT molecular complexity index is 299. The SMILES string of the molecule is CSC(=S)N/N=C/c1cccnn1. The lowest BCUT2D eigenvalue weighted by molar-refractivity contribution is 1.01. The predicted molar refractivity (Wildman–Crippen MR) is 58.9 cm³/mol. The van der Waals surface area contributed by atoms with Gasteiger partial charge in [0.1, 0.15) is 5.69 Å². The van der Waals surface area contributed by atoms with Crippen molar-refractivity contribution in [2.75, 3.05) is 6.26 Å². The molecule has 1 aromatic heterocycles. The minimum Gasteiger partial charge on any atom is -0.262 e. The highest BCUT2D eigenvalue weighted by Crippen LogP contribution is 1.92. The smallest absolute Gasteiger partial charge is 0.153 e. The summed E-state index contributed by atoms with van der Waals surface area (Å²) in [5, 5.41) is 11.4. The average Bonchev–Trinajstić information content (AvgIpc) is 2.19. The maximum absolute atomic E-state index is 4.87. The number of hydrazone groups is 1. The molecule has 0 aliphatic carbocycles. The molecule has 1 rings (SSSR count). The molecule has 0 saturated heterocycles. The van der Waals surface area contributed by atoms with Crippen LogP contribution in [0.1, 0.15) is 5.69 Å². The van der Waals surface area contributed by atoms with Crippen molar-refractivity contribution < 1.29 is 0 Å². The van der Waals surface area contributed by atoms with Crippen molar-refractivity contribution >= 4 is 34.5 Å². The Morgan fingerprint density at radius 2 is 2.62 bits per heavy atom. The van der Waals surface area contributed by atoms with Crippen LogP contribution in [-0.2, 0) is 0 Å². The van der Waals surface area contributed by atoms with Crippen molar-refractivity contribution in [3.63, 3.8) is 0 Å². The van der Waals surface area contributed by atoms with Gasteiger partial charge in [0.2, 0.25) is 0 Å². The molecule has 0 saturated carbocycles. The lowest BCUT2D eigenvalue weighted by Gasteiger charge is -1.95. The molecule has 1 heterocycles. The van der Waals surface area contributed by atoms with Gasteiger partial charge in [-0.15, -0.1) is 5.10 Å². The molecule has 0 amide bonds. The van der Waals surface area contributed by atoms with Crippen LogP contribution in [0, 0.1) is 0 Å².